The highest BCUT2D eigenvalue weighted by Crippen LogP contribution is 2.28. The molecule has 30 heavy (non-hydrogen) atoms. The van der Waals surface area contributed by atoms with Gasteiger partial charge < -0.3 is 10.1 Å². The number of carbonyl (C=O) groups excluding carboxylic acids is 1. The van der Waals surface area contributed by atoms with Crippen molar-refractivity contribution in [2.24, 2.45) is 0 Å². The van der Waals surface area contributed by atoms with Crippen molar-refractivity contribution in [1.82, 2.24) is 0 Å². The van der Waals surface area contributed by atoms with Crippen LogP contribution >= 0.6 is 11.6 Å². The van der Waals surface area contributed by atoms with Gasteiger partial charge in [-0.3, -0.25) is 9.10 Å². The van der Waals surface area contributed by atoms with Gasteiger partial charge in [-0.25, -0.2) is 12.8 Å². The maximum atomic E-state index is 13.1. The van der Waals surface area contributed by atoms with Gasteiger partial charge in [-0.15, -0.1) is 0 Å². The zero-order valence-electron chi connectivity index (χ0n) is 16.1. The number of anilines is 2. The fourth-order valence-corrected chi connectivity index (χ4v) is 4.19. The van der Waals surface area contributed by atoms with E-state index in [0.717, 1.165) is 4.31 Å². The highest BCUT2D eigenvalue weighted by Gasteiger charge is 2.22. The minimum absolute atomic E-state index is 0.0743. The molecule has 3 rings (SSSR count). The van der Waals surface area contributed by atoms with Gasteiger partial charge in [0, 0.05) is 18.3 Å². The maximum absolute atomic E-state index is 13.1. The van der Waals surface area contributed by atoms with Gasteiger partial charge in [0.25, 0.3) is 15.9 Å². The van der Waals surface area contributed by atoms with Crippen molar-refractivity contribution in [3.8, 4) is 5.75 Å². The van der Waals surface area contributed by atoms with E-state index in [1.165, 1.54) is 68.8 Å². The van der Waals surface area contributed by atoms with E-state index < -0.39 is 21.7 Å². The normalized spacial score (nSPS) is 11.1. The van der Waals surface area contributed by atoms with Crippen LogP contribution in [-0.4, -0.2) is 28.5 Å². The van der Waals surface area contributed by atoms with Crippen LogP contribution in [0.4, 0.5) is 15.8 Å². The predicted molar refractivity (Wildman–Crippen MR) is 114 cm³/mol. The van der Waals surface area contributed by atoms with Crippen LogP contribution < -0.4 is 14.4 Å². The lowest BCUT2D eigenvalue weighted by Crippen LogP contribution is -2.26. The van der Waals surface area contributed by atoms with Crippen molar-refractivity contribution in [2.75, 3.05) is 23.8 Å². The molecule has 0 aromatic heterocycles. The number of sulfonamides is 1. The summed E-state index contributed by atoms with van der Waals surface area (Å²) >= 11 is 6.06. The van der Waals surface area contributed by atoms with Crippen molar-refractivity contribution in [3.05, 3.63) is 83.1 Å². The van der Waals surface area contributed by atoms with Gasteiger partial charge in [-0.05, 0) is 60.7 Å². The molecule has 0 radical (unpaired) electrons. The standard InChI is InChI=1S/C21H18ClFN2O4S/c1-25(17-9-6-15(23)7-10-17)30(27,28)18-5-3-4-14(12-18)21(26)24-16-8-11-20(29-2)19(22)13-16/h3-13H,1-2H3,(H,24,26). The summed E-state index contributed by atoms with van der Waals surface area (Å²) in [6, 6.07) is 15.4. The Morgan fingerprint density at radius 2 is 1.77 bits per heavy atom. The van der Waals surface area contributed by atoms with Crippen LogP contribution in [0.25, 0.3) is 0 Å². The van der Waals surface area contributed by atoms with Gasteiger partial charge in [0.2, 0.25) is 0 Å². The minimum atomic E-state index is -3.96. The molecule has 0 saturated carbocycles. The summed E-state index contributed by atoms with van der Waals surface area (Å²) in [5.41, 5.74) is 0.872. The summed E-state index contributed by atoms with van der Waals surface area (Å²) in [5, 5.41) is 2.99. The summed E-state index contributed by atoms with van der Waals surface area (Å²) in [7, 11) is -1.12. The number of amides is 1. The Kier molecular flexibility index (Phi) is 6.28. The molecule has 0 unspecified atom stereocenters. The number of nitrogens with zero attached hydrogens (tertiary/aromatic N) is 1. The highest BCUT2D eigenvalue weighted by molar-refractivity contribution is 7.92. The number of halogens is 2. The van der Waals surface area contributed by atoms with E-state index in [1.807, 2.05) is 0 Å². The third kappa shape index (κ3) is 4.55. The second-order valence-electron chi connectivity index (χ2n) is 6.28. The first kappa shape index (κ1) is 21.6. The Morgan fingerprint density at radius 3 is 2.40 bits per heavy atom. The first-order valence-corrected chi connectivity index (χ1v) is 10.5. The van der Waals surface area contributed by atoms with Gasteiger partial charge >= 0.3 is 0 Å². The number of hydrogen-bond donors (Lipinski definition) is 1. The fourth-order valence-electron chi connectivity index (χ4n) is 2.69. The Hall–Kier alpha value is -3.10. The van der Waals surface area contributed by atoms with E-state index in [1.54, 1.807) is 12.1 Å². The summed E-state index contributed by atoms with van der Waals surface area (Å²) in [6.07, 6.45) is 0. The van der Waals surface area contributed by atoms with Gasteiger partial charge in [-0.2, -0.15) is 0 Å². The molecule has 1 N–H and O–H groups in total. The maximum Gasteiger partial charge on any atom is 0.264 e. The zero-order valence-corrected chi connectivity index (χ0v) is 17.7. The van der Waals surface area contributed by atoms with E-state index >= 15 is 0 Å². The SMILES string of the molecule is COc1ccc(NC(=O)c2cccc(S(=O)(=O)N(C)c3ccc(F)cc3)c2)cc1Cl. The number of carbonyl (C=O) groups is 1. The Bertz CT molecular complexity index is 1180. The molecule has 6 nitrogen and oxygen atoms in total. The second-order valence-corrected chi connectivity index (χ2v) is 8.66. The summed E-state index contributed by atoms with van der Waals surface area (Å²) in [6.45, 7) is 0. The first-order chi connectivity index (χ1) is 14.2. The number of hydrogen-bond acceptors (Lipinski definition) is 4. The molecular weight excluding hydrogens is 431 g/mol. The minimum Gasteiger partial charge on any atom is -0.495 e. The molecule has 1 amide bonds. The van der Waals surface area contributed by atoms with Crippen LogP contribution in [0.2, 0.25) is 5.02 Å². The number of nitrogens with one attached hydrogen (secondary N) is 1. The smallest absolute Gasteiger partial charge is 0.264 e. The molecule has 3 aromatic rings. The summed E-state index contributed by atoms with van der Waals surface area (Å²) < 4.78 is 45.1. The predicted octanol–water partition coefficient (Wildman–Crippen LogP) is 4.57. The van der Waals surface area contributed by atoms with Crippen LogP contribution in [-0.2, 0) is 10.0 Å². The topological polar surface area (TPSA) is 75.7 Å². The third-order valence-corrected chi connectivity index (χ3v) is 6.43. The number of rotatable bonds is 6. The van der Waals surface area contributed by atoms with E-state index in [2.05, 4.69) is 5.32 Å². The lowest BCUT2D eigenvalue weighted by molar-refractivity contribution is 0.102. The fraction of sp³-hybridized carbons (Fsp3) is 0.0952. The van der Waals surface area contributed by atoms with Gasteiger partial charge in [0.1, 0.15) is 11.6 Å². The average molecular weight is 449 g/mol. The van der Waals surface area contributed by atoms with Crippen molar-refractivity contribution in [1.29, 1.82) is 0 Å². The van der Waals surface area contributed by atoms with Crippen molar-refractivity contribution < 1.29 is 22.3 Å². The van der Waals surface area contributed by atoms with Crippen LogP contribution in [0.3, 0.4) is 0 Å². The number of ether oxygens (including phenoxy) is 1. The zero-order chi connectivity index (χ0) is 21.9. The molecule has 0 aliphatic rings. The first-order valence-electron chi connectivity index (χ1n) is 8.72. The molecule has 0 aliphatic heterocycles. The van der Waals surface area contributed by atoms with Crippen LogP contribution in [0.5, 0.6) is 5.75 Å². The molecule has 0 aliphatic carbocycles. The highest BCUT2D eigenvalue weighted by atomic mass is 35.5. The van der Waals surface area contributed by atoms with E-state index in [-0.39, 0.29) is 10.5 Å². The van der Waals surface area contributed by atoms with Crippen molar-refractivity contribution >= 4 is 38.9 Å². The molecule has 9 heteroatoms. The van der Waals surface area contributed by atoms with E-state index in [4.69, 9.17) is 16.3 Å². The molecule has 0 heterocycles. The second kappa shape index (κ2) is 8.73. The average Bonchev–Trinajstić information content (AvgIpc) is 2.74. The van der Waals surface area contributed by atoms with Gasteiger partial charge in [-0.1, -0.05) is 17.7 Å². The molecule has 0 fully saturated rings. The van der Waals surface area contributed by atoms with Gasteiger partial charge in [0.15, 0.2) is 0 Å². The summed E-state index contributed by atoms with van der Waals surface area (Å²) in [5.74, 6) is -0.508. The summed E-state index contributed by atoms with van der Waals surface area (Å²) in [4.78, 5) is 12.5. The molecule has 0 bridgehead atoms. The molecule has 0 atom stereocenters. The van der Waals surface area contributed by atoms with Crippen molar-refractivity contribution in [2.45, 2.75) is 4.90 Å². The van der Waals surface area contributed by atoms with Crippen LogP contribution in [0, 0.1) is 5.82 Å². The lowest BCUT2D eigenvalue weighted by atomic mass is 10.2. The number of methoxy groups -OCH3 is 1. The van der Waals surface area contributed by atoms with E-state index in [9.17, 15) is 17.6 Å². The van der Waals surface area contributed by atoms with Gasteiger partial charge in [0.05, 0.1) is 22.7 Å². The molecule has 0 spiro atoms. The number of benzene rings is 3. The molecular formula is C21H18ClFN2O4S. The monoisotopic (exact) mass is 448 g/mol. The van der Waals surface area contributed by atoms with Crippen LogP contribution in [0.1, 0.15) is 10.4 Å². The lowest BCUT2D eigenvalue weighted by Gasteiger charge is -2.20. The molecule has 0 saturated heterocycles. The molecule has 3 aromatic carbocycles. The molecule has 156 valence electrons. The van der Waals surface area contributed by atoms with E-state index in [0.29, 0.717) is 22.1 Å². The van der Waals surface area contributed by atoms with Crippen LogP contribution in [0.15, 0.2) is 71.6 Å². The third-order valence-electron chi connectivity index (χ3n) is 4.35. The Balaban J connectivity index is 1.85. The Morgan fingerprint density at radius 1 is 1.07 bits per heavy atom. The Labute approximate surface area is 178 Å². The quantitative estimate of drug-likeness (QED) is 0.599. The van der Waals surface area contributed by atoms with Crippen molar-refractivity contribution in [3.63, 3.8) is 0 Å². The largest absolute Gasteiger partial charge is 0.495 e.